The molecule has 8 nitrogen and oxygen atoms in total. The van der Waals surface area contributed by atoms with Gasteiger partial charge in [-0.25, -0.2) is 4.68 Å². The van der Waals surface area contributed by atoms with Crippen LogP contribution in [0.15, 0.2) is 30.0 Å². The minimum absolute atomic E-state index is 0.00944. The largest absolute Gasteiger partial charge is 0.395 e. The van der Waals surface area contributed by atoms with Gasteiger partial charge in [0, 0.05) is 30.3 Å². The fourth-order valence-corrected chi connectivity index (χ4v) is 5.80. The number of allylic oxidation sites excluding steroid dienone is 2. The normalized spacial score (nSPS) is 23.6. The Kier molecular flexibility index (Phi) is 4.98. The topological polar surface area (TPSA) is 113 Å². The first-order chi connectivity index (χ1) is 15.8. The lowest BCUT2D eigenvalue weighted by molar-refractivity contribution is 0.0592. The number of anilines is 1. The van der Waals surface area contributed by atoms with E-state index in [0.29, 0.717) is 12.2 Å². The number of carbonyl (C=O) groups is 1. The summed E-state index contributed by atoms with van der Waals surface area (Å²) in [6.07, 6.45) is 8.40. The molecule has 0 aromatic carbocycles. The number of amides is 1. The van der Waals surface area contributed by atoms with E-state index in [1.165, 1.54) is 11.3 Å². The van der Waals surface area contributed by atoms with Gasteiger partial charge in [0.15, 0.2) is 5.69 Å². The van der Waals surface area contributed by atoms with Crippen LogP contribution in [0.2, 0.25) is 0 Å². The number of aliphatic hydroxyl groups excluding tert-OH is 1. The maximum atomic E-state index is 13.7. The number of rotatable bonds is 4. The minimum Gasteiger partial charge on any atom is -0.395 e. The zero-order chi connectivity index (χ0) is 23.5. The number of hydrogen-bond acceptors (Lipinski definition) is 5. The third kappa shape index (κ3) is 3.30. The molecule has 2 unspecified atom stereocenters. The molecule has 33 heavy (non-hydrogen) atoms. The van der Waals surface area contributed by atoms with Gasteiger partial charge in [-0.15, -0.1) is 0 Å². The Morgan fingerprint density at radius 2 is 2.12 bits per heavy atom. The average molecular weight is 447 g/mol. The van der Waals surface area contributed by atoms with Crippen LogP contribution in [0.1, 0.15) is 54.6 Å². The standard InChI is InChI=1S/C25H30N6O2/c1-4-15-5-6-20(31-13-18(27)19(12-26)28-31)17(14-32)23(15)30-8-7-29-21(24(30)33)9-16-10-25(2,3)11-22(16)29/h5-6,9,13,15,23,32H,4,7-8,10-11,14,27H2,1-3H3. The summed E-state index contributed by atoms with van der Waals surface area (Å²) in [7, 11) is 0. The van der Waals surface area contributed by atoms with E-state index in [1.54, 1.807) is 10.9 Å². The van der Waals surface area contributed by atoms with Crippen LogP contribution in [0.3, 0.4) is 0 Å². The second kappa shape index (κ2) is 7.63. The quantitative estimate of drug-likeness (QED) is 0.749. The number of fused-ring (bicyclic) bond motifs is 3. The predicted octanol–water partition coefficient (Wildman–Crippen LogP) is 2.59. The molecule has 0 spiro atoms. The number of hydrogen-bond donors (Lipinski definition) is 2. The third-order valence-corrected chi connectivity index (χ3v) is 7.32. The Balaban J connectivity index is 1.54. The van der Waals surface area contributed by atoms with E-state index in [0.717, 1.165) is 37.1 Å². The molecule has 2 aliphatic carbocycles. The van der Waals surface area contributed by atoms with Gasteiger partial charge in [-0.1, -0.05) is 26.8 Å². The Bertz CT molecular complexity index is 1240. The second-order valence-corrected chi connectivity index (χ2v) is 10.1. The highest BCUT2D eigenvalue weighted by atomic mass is 16.3. The van der Waals surface area contributed by atoms with Crippen molar-refractivity contribution in [2.75, 3.05) is 18.9 Å². The molecule has 1 aliphatic heterocycles. The molecule has 1 amide bonds. The number of nitrogens with two attached hydrogens (primary N) is 1. The van der Waals surface area contributed by atoms with Gasteiger partial charge < -0.3 is 20.3 Å². The Hall–Kier alpha value is -3.31. The summed E-state index contributed by atoms with van der Waals surface area (Å²) < 4.78 is 3.75. The Labute approximate surface area is 193 Å². The molecule has 0 bridgehead atoms. The zero-order valence-corrected chi connectivity index (χ0v) is 19.4. The maximum Gasteiger partial charge on any atom is 0.271 e. The molecule has 172 valence electrons. The van der Waals surface area contributed by atoms with Crippen molar-refractivity contribution in [3.8, 4) is 6.07 Å². The van der Waals surface area contributed by atoms with E-state index in [-0.39, 0.29) is 41.3 Å². The molecule has 2 atom stereocenters. The second-order valence-electron chi connectivity index (χ2n) is 10.1. The van der Waals surface area contributed by atoms with Crippen LogP contribution in [0.25, 0.3) is 5.70 Å². The molecule has 5 rings (SSSR count). The lowest BCUT2D eigenvalue weighted by atomic mass is 9.83. The lowest BCUT2D eigenvalue weighted by Crippen LogP contribution is -2.51. The molecule has 0 saturated heterocycles. The van der Waals surface area contributed by atoms with Crippen LogP contribution in [0.4, 0.5) is 5.69 Å². The smallest absolute Gasteiger partial charge is 0.271 e. The van der Waals surface area contributed by atoms with Gasteiger partial charge in [0.1, 0.15) is 11.8 Å². The SMILES string of the molecule is CCC1C=CC(n2cc(N)c(C#N)n2)=C(CO)C1N1CCn2c(cc3c2CC(C)(C)C3)C1=O. The highest BCUT2D eigenvalue weighted by Crippen LogP contribution is 2.40. The van der Waals surface area contributed by atoms with E-state index >= 15 is 0 Å². The summed E-state index contributed by atoms with van der Waals surface area (Å²) in [5.41, 5.74) is 11.3. The van der Waals surface area contributed by atoms with E-state index in [2.05, 4.69) is 42.6 Å². The third-order valence-electron chi connectivity index (χ3n) is 7.32. The molecule has 2 aromatic heterocycles. The molecule has 3 aliphatic rings. The summed E-state index contributed by atoms with van der Waals surface area (Å²) in [5.74, 6) is 0.0886. The number of nitrogen functional groups attached to an aromatic ring is 1. The summed E-state index contributed by atoms with van der Waals surface area (Å²) in [5, 5.41) is 24.0. The Morgan fingerprint density at radius 3 is 2.79 bits per heavy atom. The van der Waals surface area contributed by atoms with Crippen LogP contribution < -0.4 is 5.73 Å². The van der Waals surface area contributed by atoms with Crippen molar-refractivity contribution < 1.29 is 9.90 Å². The first kappa shape index (κ1) is 21.5. The van der Waals surface area contributed by atoms with E-state index in [9.17, 15) is 15.2 Å². The van der Waals surface area contributed by atoms with Gasteiger partial charge in [-0.3, -0.25) is 4.79 Å². The van der Waals surface area contributed by atoms with Crippen molar-refractivity contribution in [1.82, 2.24) is 19.2 Å². The van der Waals surface area contributed by atoms with E-state index in [1.807, 2.05) is 17.0 Å². The van der Waals surface area contributed by atoms with Gasteiger partial charge in [0.05, 0.1) is 30.2 Å². The molecule has 3 heterocycles. The van der Waals surface area contributed by atoms with Crippen LogP contribution in [-0.4, -0.2) is 49.5 Å². The molecular formula is C25H30N6O2. The first-order valence-corrected chi connectivity index (χ1v) is 11.6. The predicted molar refractivity (Wildman–Crippen MR) is 125 cm³/mol. The highest BCUT2D eigenvalue weighted by molar-refractivity contribution is 5.95. The van der Waals surface area contributed by atoms with Crippen molar-refractivity contribution in [2.45, 2.75) is 52.6 Å². The summed E-state index contributed by atoms with van der Waals surface area (Å²) in [6, 6.07) is 3.79. The van der Waals surface area contributed by atoms with Crippen molar-refractivity contribution in [3.05, 3.63) is 52.6 Å². The monoisotopic (exact) mass is 446 g/mol. The lowest BCUT2D eigenvalue weighted by Gasteiger charge is -2.42. The average Bonchev–Trinajstić information content (AvgIpc) is 3.42. The van der Waals surface area contributed by atoms with Gasteiger partial charge in [-0.2, -0.15) is 10.4 Å². The summed E-state index contributed by atoms with van der Waals surface area (Å²) in [6.45, 7) is 7.77. The molecule has 3 N–H and O–H groups in total. The molecule has 0 fully saturated rings. The fourth-order valence-electron chi connectivity index (χ4n) is 5.80. The van der Waals surface area contributed by atoms with Gasteiger partial charge in [0.25, 0.3) is 5.91 Å². The fraction of sp³-hybridized carbons (Fsp3) is 0.480. The maximum absolute atomic E-state index is 13.7. The first-order valence-electron chi connectivity index (χ1n) is 11.6. The van der Waals surface area contributed by atoms with Crippen molar-refractivity contribution in [3.63, 3.8) is 0 Å². The van der Waals surface area contributed by atoms with Crippen molar-refractivity contribution in [1.29, 1.82) is 5.26 Å². The van der Waals surface area contributed by atoms with Gasteiger partial charge in [-0.05, 0) is 42.4 Å². The number of nitriles is 1. The molecular weight excluding hydrogens is 416 g/mol. The minimum atomic E-state index is -0.279. The number of aliphatic hydroxyl groups is 1. The highest BCUT2D eigenvalue weighted by Gasteiger charge is 2.41. The van der Waals surface area contributed by atoms with Gasteiger partial charge >= 0.3 is 0 Å². The van der Waals surface area contributed by atoms with Gasteiger partial charge in [0.2, 0.25) is 0 Å². The number of nitrogens with zero attached hydrogens (tertiary/aromatic N) is 5. The molecule has 8 heteroatoms. The molecule has 0 radical (unpaired) electrons. The molecule has 0 saturated carbocycles. The number of aromatic nitrogens is 3. The summed E-state index contributed by atoms with van der Waals surface area (Å²) >= 11 is 0. The number of carbonyl (C=O) groups excluding carboxylic acids is 1. The summed E-state index contributed by atoms with van der Waals surface area (Å²) in [4.78, 5) is 15.7. The van der Waals surface area contributed by atoms with Crippen molar-refractivity contribution in [2.24, 2.45) is 11.3 Å². The van der Waals surface area contributed by atoms with E-state index in [4.69, 9.17) is 5.73 Å². The molecule has 2 aromatic rings. The van der Waals surface area contributed by atoms with Crippen LogP contribution in [0.5, 0.6) is 0 Å². The van der Waals surface area contributed by atoms with Crippen LogP contribution >= 0.6 is 0 Å². The van der Waals surface area contributed by atoms with E-state index < -0.39 is 0 Å². The van der Waals surface area contributed by atoms with Crippen molar-refractivity contribution >= 4 is 17.3 Å². The van der Waals surface area contributed by atoms with Crippen LogP contribution in [-0.2, 0) is 19.4 Å². The Morgan fingerprint density at radius 1 is 1.33 bits per heavy atom. The zero-order valence-electron chi connectivity index (χ0n) is 19.4. The van der Waals surface area contributed by atoms with Crippen LogP contribution in [0, 0.1) is 22.7 Å².